The van der Waals surface area contributed by atoms with Crippen LogP contribution in [0.15, 0.2) is 77.5 Å². The first-order valence-electron chi connectivity index (χ1n) is 8.71. The van der Waals surface area contributed by atoms with Gasteiger partial charge in [0, 0.05) is 5.56 Å². The molecule has 0 unspecified atom stereocenters. The highest BCUT2D eigenvalue weighted by Crippen LogP contribution is 2.28. The van der Waals surface area contributed by atoms with Gasteiger partial charge in [0.1, 0.15) is 0 Å². The predicted molar refractivity (Wildman–Crippen MR) is 113 cm³/mol. The van der Waals surface area contributed by atoms with Crippen molar-refractivity contribution < 1.29 is 14.3 Å². The van der Waals surface area contributed by atoms with Crippen molar-refractivity contribution in [3.8, 4) is 11.1 Å². The number of ether oxygens (including phenoxy) is 1. The third-order valence-corrected chi connectivity index (χ3v) is 5.22. The van der Waals surface area contributed by atoms with Crippen LogP contribution in [0, 0.1) is 0 Å². The Morgan fingerprint density at radius 1 is 0.893 bits per heavy atom. The summed E-state index contributed by atoms with van der Waals surface area (Å²) in [6.45, 7) is 0. The number of amides is 1. The van der Waals surface area contributed by atoms with Gasteiger partial charge in [-0.25, -0.2) is 4.79 Å². The van der Waals surface area contributed by atoms with Gasteiger partial charge in [-0.15, -0.1) is 0 Å². The Morgan fingerprint density at radius 2 is 1.71 bits per heavy atom. The number of fused-ring (bicyclic) bond motifs is 1. The zero-order chi connectivity index (χ0) is 19.5. The van der Waals surface area contributed by atoms with Crippen LogP contribution in [0.4, 0.5) is 5.69 Å². The van der Waals surface area contributed by atoms with E-state index in [1.54, 1.807) is 29.5 Å². The van der Waals surface area contributed by atoms with E-state index in [2.05, 4.69) is 5.32 Å². The molecular formula is C23H17NO3S. The summed E-state index contributed by atoms with van der Waals surface area (Å²) in [5.74, 6) is -0.773. The van der Waals surface area contributed by atoms with E-state index in [1.165, 1.54) is 7.11 Å². The van der Waals surface area contributed by atoms with Crippen molar-refractivity contribution in [3.63, 3.8) is 0 Å². The Bertz CT molecular complexity index is 1170. The lowest BCUT2D eigenvalue weighted by molar-refractivity contribution is 0.0602. The molecule has 5 heteroatoms. The molecule has 4 rings (SSSR count). The standard InChI is InChI=1S/C23H17NO3S/c1-27-23(26)20-13-17(19-10-11-28-14-19)8-9-21(20)24-22(25)18-7-6-15-4-2-3-5-16(15)12-18/h2-14H,1H3,(H,24,25). The van der Waals surface area contributed by atoms with E-state index in [1.807, 2.05) is 59.3 Å². The highest BCUT2D eigenvalue weighted by molar-refractivity contribution is 7.08. The second-order valence-corrected chi connectivity index (χ2v) is 7.06. The fourth-order valence-corrected chi connectivity index (χ4v) is 3.73. The van der Waals surface area contributed by atoms with Gasteiger partial charge in [-0.2, -0.15) is 11.3 Å². The average Bonchev–Trinajstić information content (AvgIpc) is 3.28. The van der Waals surface area contributed by atoms with Crippen molar-refractivity contribution in [2.45, 2.75) is 0 Å². The number of thiophene rings is 1. The molecule has 1 heterocycles. The SMILES string of the molecule is COC(=O)c1cc(-c2ccsc2)ccc1NC(=O)c1ccc2ccccc2c1. The van der Waals surface area contributed by atoms with E-state index in [0.717, 1.165) is 21.9 Å². The van der Waals surface area contributed by atoms with Gasteiger partial charge in [-0.05, 0) is 63.0 Å². The molecule has 0 spiro atoms. The van der Waals surface area contributed by atoms with Gasteiger partial charge >= 0.3 is 5.97 Å². The molecule has 0 radical (unpaired) electrons. The maximum atomic E-state index is 12.8. The Kier molecular flexibility index (Phi) is 4.91. The van der Waals surface area contributed by atoms with Crippen LogP contribution in [-0.4, -0.2) is 19.0 Å². The highest BCUT2D eigenvalue weighted by atomic mass is 32.1. The third-order valence-electron chi connectivity index (χ3n) is 4.54. The maximum Gasteiger partial charge on any atom is 0.339 e. The predicted octanol–water partition coefficient (Wildman–Crippen LogP) is 5.61. The van der Waals surface area contributed by atoms with E-state index >= 15 is 0 Å². The van der Waals surface area contributed by atoms with Crippen molar-refractivity contribution in [1.29, 1.82) is 0 Å². The van der Waals surface area contributed by atoms with Gasteiger partial charge in [0.25, 0.3) is 5.91 Å². The molecular weight excluding hydrogens is 370 g/mol. The van der Waals surface area contributed by atoms with Crippen LogP contribution in [0.2, 0.25) is 0 Å². The molecule has 138 valence electrons. The van der Waals surface area contributed by atoms with Gasteiger partial charge in [0.15, 0.2) is 0 Å². The van der Waals surface area contributed by atoms with E-state index in [4.69, 9.17) is 4.74 Å². The van der Waals surface area contributed by atoms with Gasteiger partial charge in [-0.3, -0.25) is 4.79 Å². The van der Waals surface area contributed by atoms with E-state index in [-0.39, 0.29) is 5.91 Å². The van der Waals surface area contributed by atoms with Crippen LogP contribution in [0.1, 0.15) is 20.7 Å². The highest BCUT2D eigenvalue weighted by Gasteiger charge is 2.16. The van der Waals surface area contributed by atoms with Crippen molar-refractivity contribution in [3.05, 3.63) is 88.6 Å². The molecule has 4 aromatic rings. The van der Waals surface area contributed by atoms with Gasteiger partial charge < -0.3 is 10.1 Å². The van der Waals surface area contributed by atoms with Crippen LogP contribution < -0.4 is 5.32 Å². The zero-order valence-corrected chi connectivity index (χ0v) is 16.0. The summed E-state index contributed by atoms with van der Waals surface area (Å²) in [6, 6.07) is 20.7. The number of esters is 1. The summed E-state index contributed by atoms with van der Waals surface area (Å²) in [7, 11) is 1.33. The molecule has 1 N–H and O–H groups in total. The van der Waals surface area contributed by atoms with E-state index in [0.29, 0.717) is 16.8 Å². The molecule has 0 aliphatic carbocycles. The van der Waals surface area contributed by atoms with Crippen LogP contribution >= 0.6 is 11.3 Å². The molecule has 28 heavy (non-hydrogen) atoms. The summed E-state index contributed by atoms with van der Waals surface area (Å²) in [6.07, 6.45) is 0. The van der Waals surface area contributed by atoms with Crippen molar-refractivity contribution in [2.24, 2.45) is 0 Å². The Morgan fingerprint density at radius 3 is 2.46 bits per heavy atom. The van der Waals surface area contributed by atoms with Gasteiger partial charge in [-0.1, -0.05) is 36.4 Å². The minimum Gasteiger partial charge on any atom is -0.465 e. The monoisotopic (exact) mass is 387 g/mol. The molecule has 0 fully saturated rings. The number of anilines is 1. The van der Waals surface area contributed by atoms with Crippen LogP contribution in [0.3, 0.4) is 0 Å². The van der Waals surface area contributed by atoms with Gasteiger partial charge in [0.05, 0.1) is 18.4 Å². The minimum absolute atomic E-state index is 0.279. The maximum absolute atomic E-state index is 12.8. The average molecular weight is 387 g/mol. The molecule has 0 aliphatic heterocycles. The molecule has 0 saturated heterocycles. The fourth-order valence-electron chi connectivity index (χ4n) is 3.07. The Labute approximate surface area is 166 Å². The number of hydrogen-bond donors (Lipinski definition) is 1. The number of nitrogens with one attached hydrogen (secondary N) is 1. The molecule has 3 aromatic carbocycles. The second-order valence-electron chi connectivity index (χ2n) is 6.28. The summed E-state index contributed by atoms with van der Waals surface area (Å²) in [4.78, 5) is 25.1. The topological polar surface area (TPSA) is 55.4 Å². The summed E-state index contributed by atoms with van der Waals surface area (Å²) in [5, 5.41) is 8.87. The number of methoxy groups -OCH3 is 1. The van der Waals surface area contributed by atoms with Crippen molar-refractivity contribution >= 4 is 39.7 Å². The first-order chi connectivity index (χ1) is 13.7. The molecule has 1 amide bonds. The summed E-state index contributed by atoms with van der Waals surface area (Å²) < 4.78 is 4.91. The zero-order valence-electron chi connectivity index (χ0n) is 15.1. The Balaban J connectivity index is 1.67. The molecule has 0 saturated carbocycles. The van der Waals surface area contributed by atoms with Crippen molar-refractivity contribution in [2.75, 3.05) is 12.4 Å². The molecule has 1 aromatic heterocycles. The third kappa shape index (κ3) is 3.52. The lowest BCUT2D eigenvalue weighted by Crippen LogP contribution is -2.15. The number of carbonyl (C=O) groups is 2. The number of benzene rings is 3. The van der Waals surface area contributed by atoms with E-state index < -0.39 is 5.97 Å². The molecule has 0 bridgehead atoms. The lowest BCUT2D eigenvalue weighted by atomic mass is 10.0. The quantitative estimate of drug-likeness (QED) is 0.463. The number of rotatable bonds is 4. The van der Waals surface area contributed by atoms with Crippen LogP contribution in [-0.2, 0) is 4.74 Å². The largest absolute Gasteiger partial charge is 0.465 e. The molecule has 0 atom stereocenters. The van der Waals surface area contributed by atoms with Crippen molar-refractivity contribution in [1.82, 2.24) is 0 Å². The smallest absolute Gasteiger partial charge is 0.339 e. The number of hydrogen-bond acceptors (Lipinski definition) is 4. The first kappa shape index (κ1) is 17.9. The fraction of sp³-hybridized carbons (Fsp3) is 0.0435. The summed E-state index contributed by atoms with van der Waals surface area (Å²) in [5.41, 5.74) is 3.17. The molecule has 0 aliphatic rings. The Hall–Kier alpha value is -3.44. The van der Waals surface area contributed by atoms with Gasteiger partial charge in [0.2, 0.25) is 0 Å². The lowest BCUT2D eigenvalue weighted by Gasteiger charge is -2.12. The normalized spacial score (nSPS) is 10.6. The second kappa shape index (κ2) is 7.66. The van der Waals surface area contributed by atoms with Crippen LogP contribution in [0.5, 0.6) is 0 Å². The molecule has 4 nitrogen and oxygen atoms in total. The summed E-state index contributed by atoms with van der Waals surface area (Å²) >= 11 is 1.58. The van der Waals surface area contributed by atoms with E-state index in [9.17, 15) is 9.59 Å². The number of carbonyl (C=O) groups excluding carboxylic acids is 2. The first-order valence-corrected chi connectivity index (χ1v) is 9.65. The van der Waals surface area contributed by atoms with Crippen LogP contribution in [0.25, 0.3) is 21.9 Å². The minimum atomic E-state index is -0.495.